The molecule has 2 aromatic rings. The molecule has 1 N–H and O–H groups in total. The van der Waals surface area contributed by atoms with Crippen LogP contribution in [0.15, 0.2) is 34.8 Å². The summed E-state index contributed by atoms with van der Waals surface area (Å²) < 4.78 is 11.9. The maximum Gasteiger partial charge on any atom is 0.229 e. The second kappa shape index (κ2) is 9.26. The van der Waals surface area contributed by atoms with Gasteiger partial charge in [-0.2, -0.15) is 0 Å². The number of pyridine rings is 1. The van der Waals surface area contributed by atoms with E-state index in [4.69, 9.17) is 9.47 Å². The van der Waals surface area contributed by atoms with Gasteiger partial charge >= 0.3 is 0 Å². The van der Waals surface area contributed by atoms with E-state index >= 15 is 0 Å². The Bertz CT molecular complexity index is 850. The number of nitrogens with one attached hydrogen (secondary N) is 1. The van der Waals surface area contributed by atoms with Crippen molar-refractivity contribution in [3.8, 4) is 17.7 Å². The number of aromatic nitrogens is 1. The van der Waals surface area contributed by atoms with Crippen molar-refractivity contribution in [3.63, 3.8) is 0 Å². The van der Waals surface area contributed by atoms with Gasteiger partial charge in [0.15, 0.2) is 5.44 Å². The largest absolute Gasteiger partial charge is 0.459 e. The van der Waals surface area contributed by atoms with Crippen LogP contribution in [0.1, 0.15) is 13.8 Å². The minimum atomic E-state index is -0.906. The van der Waals surface area contributed by atoms with Gasteiger partial charge < -0.3 is 14.8 Å². The molecule has 2 unspecified atom stereocenters. The lowest BCUT2D eigenvalue weighted by molar-refractivity contribution is -0.120. The Morgan fingerprint density at radius 3 is 2.85 bits per heavy atom. The number of benzene rings is 1. The topological polar surface area (TPSA) is 60.5 Å². The van der Waals surface area contributed by atoms with E-state index in [1.807, 2.05) is 43.5 Å². The van der Waals surface area contributed by atoms with Crippen molar-refractivity contribution in [3.05, 3.63) is 34.8 Å². The van der Waals surface area contributed by atoms with Gasteiger partial charge in [0.1, 0.15) is 12.1 Å². The van der Waals surface area contributed by atoms with Gasteiger partial charge in [-0.1, -0.05) is 30.0 Å². The van der Waals surface area contributed by atoms with E-state index in [2.05, 4.69) is 38.1 Å². The van der Waals surface area contributed by atoms with Crippen LogP contribution in [0, 0.1) is 11.8 Å². The molecule has 0 aliphatic heterocycles. The molecule has 1 amide bonds. The molecule has 5 nitrogen and oxygen atoms in total. The van der Waals surface area contributed by atoms with Crippen LogP contribution >= 0.6 is 27.7 Å². The fourth-order valence-corrected chi connectivity index (χ4v) is 3.67. The highest BCUT2D eigenvalue weighted by Gasteiger charge is 2.36. The monoisotopic (exact) mass is 436 g/mol. The van der Waals surface area contributed by atoms with Crippen molar-refractivity contribution >= 4 is 44.5 Å². The number of methoxy groups -OCH3 is 1. The van der Waals surface area contributed by atoms with E-state index in [1.165, 1.54) is 18.7 Å². The summed E-state index contributed by atoms with van der Waals surface area (Å²) >= 11 is 4.96. The number of para-hydroxylation sites is 1. The molecule has 0 saturated heterocycles. The van der Waals surface area contributed by atoms with Crippen LogP contribution in [-0.4, -0.2) is 41.8 Å². The second-order valence-corrected chi connectivity index (χ2v) is 7.53. The van der Waals surface area contributed by atoms with Gasteiger partial charge in [0.25, 0.3) is 0 Å². The second-order valence-electron chi connectivity index (χ2n) is 5.77. The first-order chi connectivity index (χ1) is 12.4. The van der Waals surface area contributed by atoms with Crippen LogP contribution in [0.3, 0.4) is 0 Å². The molecule has 0 saturated carbocycles. The number of carbonyl (C=O) groups excluding carboxylic acids is 1. The molecule has 1 heterocycles. The summed E-state index contributed by atoms with van der Waals surface area (Å²) in [7, 11) is 1.57. The Balaban J connectivity index is 2.37. The van der Waals surface area contributed by atoms with Crippen LogP contribution in [0.4, 0.5) is 0 Å². The molecule has 0 aliphatic rings. The lowest BCUT2D eigenvalue weighted by atomic mass is 10.0. The lowest BCUT2D eigenvalue weighted by Gasteiger charge is -2.32. The fraction of sp³-hybridized carbons (Fsp3) is 0.368. The van der Waals surface area contributed by atoms with Crippen LogP contribution in [-0.2, 0) is 9.53 Å². The van der Waals surface area contributed by atoms with Crippen molar-refractivity contribution in [1.82, 2.24) is 10.3 Å². The minimum Gasteiger partial charge on any atom is -0.459 e. The standard InChI is InChI=1S/C19H21BrN2O3S/c1-13(23)22-19(2,10-7-11-24-3)18(26-4)25-17-15(20)12-14-8-5-6-9-16(14)21-17/h5-6,8-9,12,18H,11H2,1-4H3,(H,22,23). The molecule has 7 heteroatoms. The average Bonchev–Trinajstić information content (AvgIpc) is 2.59. The Kier molecular flexibility index (Phi) is 7.33. The van der Waals surface area contributed by atoms with Gasteiger partial charge in [-0.15, -0.1) is 11.8 Å². The normalized spacial score (nSPS) is 14.0. The highest BCUT2D eigenvalue weighted by Crippen LogP contribution is 2.32. The quantitative estimate of drug-likeness (QED) is 0.553. The van der Waals surface area contributed by atoms with Crippen molar-refractivity contribution in [2.75, 3.05) is 20.0 Å². The van der Waals surface area contributed by atoms with Gasteiger partial charge in [-0.05, 0) is 41.2 Å². The van der Waals surface area contributed by atoms with Gasteiger partial charge in [0.05, 0.1) is 9.99 Å². The summed E-state index contributed by atoms with van der Waals surface area (Å²) in [6, 6.07) is 9.76. The number of amides is 1. The fourth-order valence-electron chi connectivity index (χ4n) is 2.46. The number of hydrogen-bond donors (Lipinski definition) is 1. The van der Waals surface area contributed by atoms with Gasteiger partial charge in [0, 0.05) is 19.4 Å². The molecule has 1 aromatic heterocycles. The van der Waals surface area contributed by atoms with Crippen LogP contribution < -0.4 is 10.1 Å². The first kappa shape index (κ1) is 20.6. The first-order valence-electron chi connectivity index (χ1n) is 7.92. The molecule has 0 bridgehead atoms. The Hall–Kier alpha value is -1.75. The molecule has 2 rings (SSSR count). The number of nitrogens with zero attached hydrogens (tertiary/aromatic N) is 1. The SMILES string of the molecule is COCC#CC(C)(NC(C)=O)C(Oc1nc2ccccc2cc1Br)SC. The van der Waals surface area contributed by atoms with Crippen LogP contribution in [0.25, 0.3) is 10.9 Å². The third-order valence-corrected chi connectivity index (χ3v) is 5.11. The van der Waals surface area contributed by atoms with Crippen molar-refractivity contribution in [1.29, 1.82) is 0 Å². The summed E-state index contributed by atoms with van der Waals surface area (Å²) in [4.78, 5) is 16.3. The number of thioether (sulfide) groups is 1. The maximum absolute atomic E-state index is 11.7. The summed E-state index contributed by atoms with van der Waals surface area (Å²) in [5.74, 6) is 6.24. The maximum atomic E-state index is 11.7. The lowest BCUT2D eigenvalue weighted by Crippen LogP contribution is -2.54. The van der Waals surface area contributed by atoms with Gasteiger partial charge in [-0.3, -0.25) is 4.79 Å². The highest BCUT2D eigenvalue weighted by atomic mass is 79.9. The zero-order valence-corrected chi connectivity index (χ0v) is 17.5. The molecule has 0 spiro atoms. The van der Waals surface area contributed by atoms with E-state index in [1.54, 1.807) is 7.11 Å². The zero-order valence-electron chi connectivity index (χ0n) is 15.1. The predicted molar refractivity (Wildman–Crippen MR) is 109 cm³/mol. The molecule has 2 atom stereocenters. The Morgan fingerprint density at radius 2 is 2.19 bits per heavy atom. The van der Waals surface area contributed by atoms with Crippen molar-refractivity contribution in [2.45, 2.75) is 24.8 Å². The van der Waals surface area contributed by atoms with E-state index in [0.717, 1.165) is 15.4 Å². The molecule has 0 radical (unpaired) electrons. The van der Waals surface area contributed by atoms with E-state index < -0.39 is 11.0 Å². The van der Waals surface area contributed by atoms with E-state index in [0.29, 0.717) is 5.88 Å². The average molecular weight is 437 g/mol. The highest BCUT2D eigenvalue weighted by molar-refractivity contribution is 9.10. The molecule has 1 aromatic carbocycles. The molecule has 138 valence electrons. The molecule has 26 heavy (non-hydrogen) atoms. The predicted octanol–water partition coefficient (Wildman–Crippen LogP) is 3.61. The summed E-state index contributed by atoms with van der Waals surface area (Å²) in [5, 5.41) is 3.90. The zero-order chi connectivity index (χ0) is 19.2. The molecular formula is C19H21BrN2O3S. The van der Waals surface area contributed by atoms with Gasteiger partial charge in [0.2, 0.25) is 11.8 Å². The number of carbonyl (C=O) groups is 1. The summed E-state index contributed by atoms with van der Waals surface area (Å²) in [6.45, 7) is 3.55. The third-order valence-electron chi connectivity index (χ3n) is 3.55. The van der Waals surface area contributed by atoms with E-state index in [9.17, 15) is 4.79 Å². The van der Waals surface area contributed by atoms with Crippen molar-refractivity contribution < 1.29 is 14.3 Å². The smallest absolute Gasteiger partial charge is 0.229 e. The third kappa shape index (κ3) is 5.13. The number of rotatable bonds is 6. The van der Waals surface area contributed by atoms with Crippen LogP contribution in [0.5, 0.6) is 5.88 Å². The summed E-state index contributed by atoms with van der Waals surface area (Å²) in [5.41, 5.74) is -0.547. The number of hydrogen-bond acceptors (Lipinski definition) is 5. The molecule has 0 aliphatic carbocycles. The molecular weight excluding hydrogens is 416 g/mol. The van der Waals surface area contributed by atoms with Crippen LogP contribution in [0.2, 0.25) is 0 Å². The number of ether oxygens (including phenoxy) is 2. The number of fused-ring (bicyclic) bond motifs is 1. The minimum absolute atomic E-state index is 0.188. The molecule has 0 fully saturated rings. The Morgan fingerprint density at radius 1 is 1.46 bits per heavy atom. The first-order valence-corrected chi connectivity index (χ1v) is 10.00. The van der Waals surface area contributed by atoms with Gasteiger partial charge in [-0.25, -0.2) is 4.98 Å². The number of halogens is 1. The Labute approximate surface area is 166 Å². The summed E-state index contributed by atoms with van der Waals surface area (Å²) in [6.07, 6.45) is 1.90. The van der Waals surface area contributed by atoms with E-state index in [-0.39, 0.29) is 12.5 Å². The van der Waals surface area contributed by atoms with Crippen molar-refractivity contribution in [2.24, 2.45) is 0 Å².